The number of hydrogen-bond donors (Lipinski definition) is 2. The van der Waals surface area contributed by atoms with Crippen LogP contribution in [-0.4, -0.2) is 131 Å². The first-order chi connectivity index (χ1) is 31.1. The molecule has 1 aromatic rings. The number of Topliss-reactive ketones (excluding diaryl/α,β-unsaturated/α-hetero) is 1. The van der Waals surface area contributed by atoms with Gasteiger partial charge in [0, 0.05) is 63.4 Å². The highest BCUT2D eigenvalue weighted by atomic mass is 35.5. The number of allylic oxidation sites excluding steroid dienone is 3. The van der Waals surface area contributed by atoms with Gasteiger partial charge in [-0.25, -0.2) is 9.59 Å². The molecule has 66 heavy (non-hydrogen) atoms. The van der Waals surface area contributed by atoms with E-state index in [0.717, 1.165) is 36.8 Å². The normalized spacial score (nSPS) is 33.4. The van der Waals surface area contributed by atoms with Gasteiger partial charge in [-0.15, -0.1) is 11.8 Å². The van der Waals surface area contributed by atoms with Gasteiger partial charge in [0.05, 0.1) is 30.6 Å². The number of fused-ring (bicyclic) bond motifs is 5. The van der Waals surface area contributed by atoms with E-state index in [4.69, 9.17) is 30.5 Å². The smallest absolute Gasteiger partial charge is 0.409 e. The summed E-state index contributed by atoms with van der Waals surface area (Å²) in [4.78, 5) is 96.7. The van der Waals surface area contributed by atoms with Crippen molar-refractivity contribution in [2.24, 2.45) is 23.7 Å². The first kappa shape index (κ1) is 51.0. The molecule has 6 rings (SSSR count). The molecule has 4 heterocycles. The average Bonchev–Trinajstić information content (AvgIpc) is 3.90. The number of ether oxygens (including phenoxy) is 4. The fourth-order valence-corrected chi connectivity index (χ4v) is 11.0. The lowest BCUT2D eigenvalue weighted by molar-refractivity contribution is -0.162. The molecule has 1 aromatic carbocycles. The van der Waals surface area contributed by atoms with E-state index < -0.39 is 76.6 Å². The van der Waals surface area contributed by atoms with Gasteiger partial charge in [-0.2, -0.15) is 0 Å². The number of likely N-dealkylation sites (N-methyl/N-ethyl adjacent to an activating group) is 1. The zero-order valence-corrected chi connectivity index (χ0v) is 41.0. The number of thioether (sulfide) groups is 1. The lowest BCUT2D eigenvalue weighted by Gasteiger charge is -2.41. The number of halogens is 1. The molecule has 4 aliphatic heterocycles. The molecule has 4 bridgehead atoms. The number of hydrogen-bond acceptors (Lipinski definition) is 13. The summed E-state index contributed by atoms with van der Waals surface area (Å²) in [6.07, 6.45) is 5.31. The van der Waals surface area contributed by atoms with Gasteiger partial charge in [-0.1, -0.05) is 49.2 Å². The minimum Gasteiger partial charge on any atom is -0.495 e. The Kier molecular flexibility index (Phi) is 16.1. The van der Waals surface area contributed by atoms with Crippen molar-refractivity contribution in [3.63, 3.8) is 0 Å². The van der Waals surface area contributed by atoms with E-state index >= 15 is 0 Å². The van der Waals surface area contributed by atoms with E-state index in [1.165, 1.54) is 47.5 Å². The summed E-state index contributed by atoms with van der Waals surface area (Å²) in [5, 5.41) is 13.9. The molecule has 18 heteroatoms. The molecule has 1 saturated carbocycles. The number of epoxide rings is 1. The van der Waals surface area contributed by atoms with Crippen LogP contribution in [0.15, 0.2) is 35.9 Å². The Morgan fingerprint density at radius 1 is 1.09 bits per heavy atom. The zero-order chi connectivity index (χ0) is 48.4. The molecule has 1 aliphatic carbocycles. The van der Waals surface area contributed by atoms with Crippen LogP contribution >= 0.6 is 23.4 Å². The minimum atomic E-state index is -1.66. The topological polar surface area (TPSA) is 202 Å². The number of amides is 5. The number of rotatable bonds is 11. The third-order valence-corrected chi connectivity index (χ3v) is 16.0. The van der Waals surface area contributed by atoms with Crippen molar-refractivity contribution >= 4 is 70.5 Å². The summed E-state index contributed by atoms with van der Waals surface area (Å²) < 4.78 is 23.8. The monoisotopic (exact) mass is 956 g/mol. The second-order valence-electron chi connectivity index (χ2n) is 19.0. The summed E-state index contributed by atoms with van der Waals surface area (Å²) in [6.45, 7) is 10.7. The van der Waals surface area contributed by atoms with Crippen LogP contribution in [0.4, 0.5) is 10.5 Å². The number of aliphatic hydroxyl groups is 1. The molecular weight excluding hydrogens is 892 g/mol. The Morgan fingerprint density at radius 2 is 1.79 bits per heavy atom. The van der Waals surface area contributed by atoms with Crippen LogP contribution in [0, 0.1) is 23.7 Å². The van der Waals surface area contributed by atoms with Gasteiger partial charge in [-0.05, 0) is 83.4 Å². The molecular formula is C48H65ClN4O12S. The van der Waals surface area contributed by atoms with Gasteiger partial charge < -0.3 is 33.9 Å². The van der Waals surface area contributed by atoms with Gasteiger partial charge in [0.2, 0.25) is 23.6 Å². The molecule has 362 valence electrons. The molecule has 1 unspecified atom stereocenters. The first-order valence-electron chi connectivity index (χ1n) is 22.8. The number of alkyl carbamates (subject to hydrolysis) is 1. The van der Waals surface area contributed by atoms with Crippen molar-refractivity contribution in [3.05, 3.63) is 46.5 Å². The number of likely N-dealkylation sites (tertiary alicyclic amines) is 1. The fraction of sp³-hybridized carbons (Fsp3) is 0.646. The SMILES string of the molecule is COc1cc2cc(c1Cl)N(C)C(=O)C[C@H](OC(=O)[C@H](C)N(C)C(=O)CCSC1CC(=O)N(CC3CCC(C(C)=O)CC3)C1=O)[C@]1(C)O[C@H]1[C@H](C)[C@@H]1C[C@@](O)(NC(=O)O1)[C@H](C)/C=C/C=C(\C)C2. The van der Waals surface area contributed by atoms with Crippen molar-refractivity contribution in [3.8, 4) is 5.75 Å². The standard InChI is InChI=1S/C48H65ClN4O12S/c1-26-11-10-12-27(2)48(61)24-36(63-46(60)50-48)28(3)43-47(6,65-43)38(23-40(56)52(8)34-20-32(19-26)21-35(62-9)42(34)49)64-45(59)29(4)51(7)39(55)17-18-66-37-22-41(57)53(44(37)58)25-31-13-15-33(16-14-31)30(5)54/h10-12,20-21,27-29,31,33,36-38,43,61H,13-19,22-25H2,1-9H3,(H,50,60)/b12-10+,26-11+/t27-,28-,29+,31?,33?,36+,37?,38+,43+,47+,48+/m1/s1. The fourth-order valence-electron chi connectivity index (χ4n) is 9.57. The van der Waals surface area contributed by atoms with Crippen LogP contribution in [0.3, 0.4) is 0 Å². The van der Waals surface area contributed by atoms with Gasteiger partial charge in [-0.3, -0.25) is 34.2 Å². The van der Waals surface area contributed by atoms with Crippen LogP contribution < -0.4 is 15.0 Å². The summed E-state index contributed by atoms with van der Waals surface area (Å²) in [6, 6.07) is 2.48. The van der Waals surface area contributed by atoms with E-state index in [-0.39, 0.29) is 65.9 Å². The van der Waals surface area contributed by atoms with Crippen molar-refractivity contribution in [2.75, 3.05) is 38.4 Å². The largest absolute Gasteiger partial charge is 0.495 e. The van der Waals surface area contributed by atoms with Crippen LogP contribution in [0.25, 0.3) is 0 Å². The second-order valence-corrected chi connectivity index (χ2v) is 20.7. The Bertz CT molecular complexity index is 2140. The third-order valence-electron chi connectivity index (χ3n) is 14.4. The van der Waals surface area contributed by atoms with E-state index in [1.807, 2.05) is 19.1 Å². The van der Waals surface area contributed by atoms with E-state index in [1.54, 1.807) is 53.0 Å². The number of esters is 1. The van der Waals surface area contributed by atoms with Gasteiger partial charge in [0.1, 0.15) is 46.1 Å². The van der Waals surface area contributed by atoms with E-state index in [9.17, 15) is 38.7 Å². The lowest BCUT2D eigenvalue weighted by Crippen LogP contribution is -2.60. The maximum atomic E-state index is 14.3. The number of imide groups is 1. The number of nitrogens with one attached hydrogen (secondary N) is 1. The van der Waals surface area contributed by atoms with Crippen LogP contribution in [-0.2, 0) is 49.4 Å². The Balaban J connectivity index is 1.15. The maximum absolute atomic E-state index is 14.3. The average molecular weight is 958 g/mol. The van der Waals surface area contributed by atoms with Crippen molar-refractivity contribution in [1.29, 1.82) is 0 Å². The number of carbonyl (C=O) groups is 7. The predicted molar refractivity (Wildman–Crippen MR) is 248 cm³/mol. The zero-order valence-electron chi connectivity index (χ0n) is 39.4. The number of anilines is 1. The molecule has 5 aliphatic rings. The summed E-state index contributed by atoms with van der Waals surface area (Å²) in [5.41, 5.74) is -0.787. The lowest BCUT2D eigenvalue weighted by atomic mass is 9.80. The second kappa shape index (κ2) is 20.8. The number of benzene rings is 1. The van der Waals surface area contributed by atoms with Gasteiger partial charge >= 0.3 is 12.1 Å². The summed E-state index contributed by atoms with van der Waals surface area (Å²) in [5.74, 6) is -2.23. The van der Waals surface area contributed by atoms with E-state index in [2.05, 4.69) is 5.32 Å². The molecule has 0 aromatic heterocycles. The maximum Gasteiger partial charge on any atom is 0.409 e. The van der Waals surface area contributed by atoms with Crippen molar-refractivity contribution < 1.29 is 57.6 Å². The molecule has 3 saturated heterocycles. The summed E-state index contributed by atoms with van der Waals surface area (Å²) in [7, 11) is 4.52. The Morgan fingerprint density at radius 3 is 2.45 bits per heavy atom. The molecule has 9 atom stereocenters. The number of methoxy groups -OCH3 is 1. The number of ketones is 1. The highest BCUT2D eigenvalue weighted by Gasteiger charge is 2.64. The highest BCUT2D eigenvalue weighted by molar-refractivity contribution is 8.00. The molecule has 5 amide bonds. The Labute approximate surface area is 396 Å². The molecule has 2 N–H and O–H groups in total. The molecule has 16 nitrogen and oxygen atoms in total. The first-order valence-corrected chi connectivity index (χ1v) is 24.3. The quantitative estimate of drug-likeness (QED) is 0.154. The van der Waals surface area contributed by atoms with Crippen LogP contribution in [0.5, 0.6) is 5.75 Å². The molecule has 0 spiro atoms. The van der Waals surface area contributed by atoms with Gasteiger partial charge in [0.25, 0.3) is 0 Å². The highest BCUT2D eigenvalue weighted by Crippen LogP contribution is 2.49. The number of carbonyl (C=O) groups excluding carboxylic acids is 7. The molecule has 4 fully saturated rings. The minimum absolute atomic E-state index is 0.0206. The van der Waals surface area contributed by atoms with E-state index in [0.29, 0.717) is 24.4 Å². The molecule has 0 radical (unpaired) electrons. The van der Waals surface area contributed by atoms with Crippen molar-refractivity contribution in [2.45, 2.75) is 140 Å². The summed E-state index contributed by atoms with van der Waals surface area (Å²) >= 11 is 8.04. The van der Waals surface area contributed by atoms with Crippen LogP contribution in [0.1, 0.15) is 98.5 Å². The van der Waals surface area contributed by atoms with Crippen LogP contribution in [0.2, 0.25) is 5.02 Å². The predicted octanol–water partition coefficient (Wildman–Crippen LogP) is 5.78. The van der Waals surface area contributed by atoms with Gasteiger partial charge in [0.15, 0.2) is 0 Å². The van der Waals surface area contributed by atoms with Crippen molar-refractivity contribution in [1.82, 2.24) is 15.1 Å². The Hall–Kier alpha value is -4.45. The third kappa shape index (κ3) is 11.3. The number of nitrogens with zero attached hydrogens (tertiary/aromatic N) is 3.